The van der Waals surface area contributed by atoms with Crippen molar-refractivity contribution in [1.29, 1.82) is 0 Å². The molecular weight excluding hydrogens is 270 g/mol. The Kier molecular flexibility index (Phi) is 5.36. The monoisotopic (exact) mass is 291 g/mol. The van der Waals surface area contributed by atoms with Gasteiger partial charge in [-0.15, -0.1) is 0 Å². The first-order chi connectivity index (χ1) is 10.2. The number of carbonyl (C=O) groups excluding carboxylic acids is 1. The number of methoxy groups -OCH3 is 1. The summed E-state index contributed by atoms with van der Waals surface area (Å²) in [5.74, 6) is 0.569. The minimum Gasteiger partial charge on any atom is -0.497 e. The van der Waals surface area contributed by atoms with Crippen molar-refractivity contribution in [2.45, 2.75) is 18.4 Å². The van der Waals surface area contributed by atoms with Gasteiger partial charge in [0.05, 0.1) is 19.3 Å². The molecule has 1 heterocycles. The van der Waals surface area contributed by atoms with Crippen molar-refractivity contribution >= 4 is 12.0 Å². The number of amides is 1. The van der Waals surface area contributed by atoms with E-state index < -0.39 is 5.54 Å². The summed E-state index contributed by atoms with van der Waals surface area (Å²) in [7, 11) is 1.61. The predicted octanol–water partition coefficient (Wildman–Crippen LogP) is 1.37. The SMILES string of the molecule is COc1ccc(/C=C/C(=O)NC2(CO)CCOCC2)cc1. The van der Waals surface area contributed by atoms with E-state index in [1.165, 1.54) is 6.08 Å². The molecule has 0 radical (unpaired) electrons. The molecule has 1 saturated heterocycles. The van der Waals surface area contributed by atoms with Crippen LogP contribution in [0.3, 0.4) is 0 Å². The summed E-state index contributed by atoms with van der Waals surface area (Å²) in [4.78, 5) is 12.0. The van der Waals surface area contributed by atoms with Crippen molar-refractivity contribution < 1.29 is 19.4 Å². The number of hydrogen-bond donors (Lipinski definition) is 2. The third-order valence-corrected chi connectivity index (χ3v) is 3.68. The molecule has 0 unspecified atom stereocenters. The van der Waals surface area contributed by atoms with E-state index in [0.29, 0.717) is 26.1 Å². The smallest absolute Gasteiger partial charge is 0.244 e. The normalized spacial score (nSPS) is 17.6. The zero-order valence-corrected chi connectivity index (χ0v) is 12.2. The lowest BCUT2D eigenvalue weighted by Gasteiger charge is -2.35. The topological polar surface area (TPSA) is 67.8 Å². The van der Waals surface area contributed by atoms with Crippen molar-refractivity contribution in [2.24, 2.45) is 0 Å². The molecule has 0 atom stereocenters. The molecule has 2 N–H and O–H groups in total. The van der Waals surface area contributed by atoms with Crippen molar-refractivity contribution in [2.75, 3.05) is 26.9 Å². The van der Waals surface area contributed by atoms with E-state index in [-0.39, 0.29) is 12.5 Å². The third kappa shape index (κ3) is 4.31. The molecule has 0 spiro atoms. The maximum atomic E-state index is 12.0. The summed E-state index contributed by atoms with van der Waals surface area (Å²) in [6.45, 7) is 1.05. The van der Waals surface area contributed by atoms with Gasteiger partial charge in [0, 0.05) is 19.3 Å². The second-order valence-corrected chi connectivity index (χ2v) is 5.15. The number of hydrogen-bond acceptors (Lipinski definition) is 4. The Morgan fingerprint density at radius 2 is 2.05 bits per heavy atom. The van der Waals surface area contributed by atoms with Crippen molar-refractivity contribution in [3.8, 4) is 5.75 Å². The molecule has 5 heteroatoms. The van der Waals surface area contributed by atoms with Crippen LogP contribution in [0.1, 0.15) is 18.4 Å². The quantitative estimate of drug-likeness (QED) is 0.804. The standard InChI is InChI=1S/C16H21NO4/c1-20-14-5-2-13(3-6-14)4-7-15(19)17-16(12-18)8-10-21-11-9-16/h2-7,18H,8-12H2,1H3,(H,17,19)/b7-4+. The lowest BCUT2D eigenvalue weighted by atomic mass is 9.91. The summed E-state index contributed by atoms with van der Waals surface area (Å²) in [6.07, 6.45) is 4.48. The minimum absolute atomic E-state index is 0.0710. The number of rotatable bonds is 5. The van der Waals surface area contributed by atoms with Crippen molar-refractivity contribution in [3.05, 3.63) is 35.9 Å². The van der Waals surface area contributed by atoms with E-state index in [1.54, 1.807) is 13.2 Å². The van der Waals surface area contributed by atoms with Gasteiger partial charge in [-0.1, -0.05) is 12.1 Å². The largest absolute Gasteiger partial charge is 0.497 e. The number of benzene rings is 1. The van der Waals surface area contributed by atoms with E-state index in [4.69, 9.17) is 9.47 Å². The molecule has 0 aromatic heterocycles. The van der Waals surface area contributed by atoms with Crippen LogP contribution in [-0.2, 0) is 9.53 Å². The van der Waals surface area contributed by atoms with Gasteiger partial charge in [-0.2, -0.15) is 0 Å². The maximum Gasteiger partial charge on any atom is 0.244 e. The van der Waals surface area contributed by atoms with Crippen LogP contribution in [0.4, 0.5) is 0 Å². The van der Waals surface area contributed by atoms with E-state index in [2.05, 4.69) is 5.32 Å². The van der Waals surface area contributed by atoms with Crippen molar-refractivity contribution in [3.63, 3.8) is 0 Å². The van der Waals surface area contributed by atoms with Crippen LogP contribution in [-0.4, -0.2) is 43.5 Å². The van der Waals surface area contributed by atoms with E-state index in [0.717, 1.165) is 11.3 Å². The molecular formula is C16H21NO4. The number of ether oxygens (including phenoxy) is 2. The van der Waals surface area contributed by atoms with Gasteiger partial charge in [0.2, 0.25) is 5.91 Å². The van der Waals surface area contributed by atoms with Crippen LogP contribution >= 0.6 is 0 Å². The Labute approximate surface area is 124 Å². The zero-order valence-electron chi connectivity index (χ0n) is 12.2. The van der Waals surface area contributed by atoms with Crippen LogP contribution in [0.25, 0.3) is 6.08 Å². The molecule has 5 nitrogen and oxygen atoms in total. The second kappa shape index (κ2) is 7.24. The highest BCUT2D eigenvalue weighted by molar-refractivity contribution is 5.92. The average molecular weight is 291 g/mol. The molecule has 0 aliphatic carbocycles. The molecule has 1 aliphatic rings. The summed E-state index contributed by atoms with van der Waals surface area (Å²) in [5.41, 5.74) is 0.357. The fourth-order valence-electron chi connectivity index (χ4n) is 2.27. The van der Waals surface area contributed by atoms with Gasteiger partial charge in [-0.05, 0) is 36.6 Å². The van der Waals surface area contributed by atoms with Gasteiger partial charge >= 0.3 is 0 Å². The van der Waals surface area contributed by atoms with E-state index in [1.807, 2.05) is 24.3 Å². The van der Waals surface area contributed by atoms with Gasteiger partial charge in [0.25, 0.3) is 0 Å². The number of aliphatic hydroxyl groups is 1. The maximum absolute atomic E-state index is 12.0. The lowest BCUT2D eigenvalue weighted by Crippen LogP contribution is -2.54. The molecule has 1 amide bonds. The van der Waals surface area contributed by atoms with Gasteiger partial charge in [0.15, 0.2) is 0 Å². The van der Waals surface area contributed by atoms with Crippen LogP contribution < -0.4 is 10.1 Å². The molecule has 1 aromatic rings. The molecule has 1 aliphatic heterocycles. The molecule has 1 fully saturated rings. The molecule has 114 valence electrons. The Balaban J connectivity index is 1.94. The third-order valence-electron chi connectivity index (χ3n) is 3.68. The Hall–Kier alpha value is -1.85. The number of carbonyl (C=O) groups is 1. The van der Waals surface area contributed by atoms with Gasteiger partial charge in [-0.3, -0.25) is 4.79 Å². The fourth-order valence-corrected chi connectivity index (χ4v) is 2.27. The summed E-state index contributed by atoms with van der Waals surface area (Å²) < 4.78 is 10.3. The molecule has 1 aromatic carbocycles. The van der Waals surface area contributed by atoms with Crippen LogP contribution in [0.15, 0.2) is 30.3 Å². The molecule has 21 heavy (non-hydrogen) atoms. The molecule has 2 rings (SSSR count). The first-order valence-electron chi connectivity index (χ1n) is 7.00. The average Bonchev–Trinajstić information content (AvgIpc) is 2.54. The lowest BCUT2D eigenvalue weighted by molar-refractivity contribution is -0.120. The fraction of sp³-hybridized carbons (Fsp3) is 0.438. The Bertz CT molecular complexity index is 490. The Morgan fingerprint density at radius 1 is 1.38 bits per heavy atom. The summed E-state index contributed by atoms with van der Waals surface area (Å²) in [5, 5.41) is 12.4. The van der Waals surface area contributed by atoms with Gasteiger partial charge < -0.3 is 19.9 Å². The summed E-state index contributed by atoms with van der Waals surface area (Å²) in [6, 6.07) is 7.42. The van der Waals surface area contributed by atoms with Crippen molar-refractivity contribution in [1.82, 2.24) is 5.32 Å². The predicted molar refractivity (Wildman–Crippen MR) is 80.0 cm³/mol. The van der Waals surface area contributed by atoms with E-state index >= 15 is 0 Å². The van der Waals surface area contributed by atoms with E-state index in [9.17, 15) is 9.90 Å². The van der Waals surface area contributed by atoms with Crippen LogP contribution in [0.5, 0.6) is 5.75 Å². The van der Waals surface area contributed by atoms with Crippen LogP contribution in [0.2, 0.25) is 0 Å². The number of aliphatic hydroxyl groups excluding tert-OH is 1. The Morgan fingerprint density at radius 3 is 2.62 bits per heavy atom. The first-order valence-corrected chi connectivity index (χ1v) is 7.00. The molecule has 0 saturated carbocycles. The molecule has 0 bridgehead atoms. The van der Waals surface area contributed by atoms with Gasteiger partial charge in [0.1, 0.15) is 5.75 Å². The highest BCUT2D eigenvalue weighted by Crippen LogP contribution is 2.20. The zero-order chi connectivity index (χ0) is 15.1. The second-order valence-electron chi connectivity index (χ2n) is 5.15. The highest BCUT2D eigenvalue weighted by Gasteiger charge is 2.32. The van der Waals surface area contributed by atoms with Gasteiger partial charge in [-0.25, -0.2) is 0 Å². The summed E-state index contributed by atoms with van der Waals surface area (Å²) >= 11 is 0. The first kappa shape index (κ1) is 15.5. The minimum atomic E-state index is -0.556. The van der Waals surface area contributed by atoms with Crippen LogP contribution in [0, 0.1) is 0 Å². The number of nitrogens with one attached hydrogen (secondary N) is 1. The highest BCUT2D eigenvalue weighted by atomic mass is 16.5.